The highest BCUT2D eigenvalue weighted by Crippen LogP contribution is 2.32. The highest BCUT2D eigenvalue weighted by Gasteiger charge is 2.02. The number of aromatic hydroxyl groups is 2. The van der Waals surface area contributed by atoms with Gasteiger partial charge in [-0.15, -0.1) is 0 Å². The maximum Gasteiger partial charge on any atom is 0.181 e. The van der Waals surface area contributed by atoms with Crippen LogP contribution in [0.4, 0.5) is 11.4 Å². The first-order chi connectivity index (χ1) is 4.61. The summed E-state index contributed by atoms with van der Waals surface area (Å²) in [6, 6.07) is 2.60. The predicted octanol–water partition coefficient (Wildman–Crippen LogP) is 0.262. The van der Waals surface area contributed by atoms with Crippen LogP contribution < -0.4 is 11.5 Å². The number of anilines is 2. The summed E-state index contributed by atoms with van der Waals surface area (Å²) in [5, 5.41) is 17.8. The molecule has 0 aliphatic carbocycles. The predicted molar refractivity (Wildman–Crippen MR) is 38.6 cm³/mol. The number of hydrogen-bond acceptors (Lipinski definition) is 4. The van der Waals surface area contributed by atoms with Crippen LogP contribution in [-0.4, -0.2) is 10.2 Å². The minimum absolute atomic E-state index is 0.0810. The van der Waals surface area contributed by atoms with E-state index in [1.165, 1.54) is 12.1 Å². The quantitative estimate of drug-likeness (QED) is 0.236. The van der Waals surface area contributed by atoms with Crippen molar-refractivity contribution >= 4 is 11.4 Å². The number of nitrogen functional groups attached to an aromatic ring is 2. The third-order valence-corrected chi connectivity index (χ3v) is 1.14. The molecule has 4 nitrogen and oxygen atoms in total. The van der Waals surface area contributed by atoms with Crippen molar-refractivity contribution in [3.05, 3.63) is 12.1 Å². The molecule has 0 amide bonds. The van der Waals surface area contributed by atoms with E-state index in [2.05, 4.69) is 0 Å². The molecule has 10 heavy (non-hydrogen) atoms. The van der Waals surface area contributed by atoms with Crippen molar-refractivity contribution in [2.75, 3.05) is 11.5 Å². The van der Waals surface area contributed by atoms with Gasteiger partial charge in [0, 0.05) is 11.8 Å². The lowest BCUT2D eigenvalue weighted by Crippen LogP contribution is -1.90. The van der Waals surface area contributed by atoms with Crippen molar-refractivity contribution in [1.82, 2.24) is 0 Å². The largest absolute Gasteiger partial charge is 0.504 e. The first kappa shape index (κ1) is 6.54. The Kier molecular flexibility index (Phi) is 1.30. The number of phenols is 2. The van der Waals surface area contributed by atoms with Gasteiger partial charge in [0.25, 0.3) is 0 Å². The Morgan fingerprint density at radius 2 is 1.70 bits per heavy atom. The van der Waals surface area contributed by atoms with Crippen molar-refractivity contribution in [2.24, 2.45) is 0 Å². The van der Waals surface area contributed by atoms with Gasteiger partial charge in [0.05, 0.1) is 5.69 Å². The third-order valence-electron chi connectivity index (χ3n) is 1.14. The summed E-state index contributed by atoms with van der Waals surface area (Å²) in [7, 11) is 0. The molecule has 0 aliphatic rings. The van der Waals surface area contributed by atoms with Crippen LogP contribution in [0, 0.1) is 0 Å². The Hall–Kier alpha value is -1.58. The van der Waals surface area contributed by atoms with E-state index in [0.29, 0.717) is 5.69 Å². The summed E-state index contributed by atoms with van der Waals surface area (Å²) >= 11 is 0. The van der Waals surface area contributed by atoms with E-state index in [1.807, 2.05) is 0 Å². The molecule has 0 heterocycles. The lowest BCUT2D eigenvalue weighted by molar-refractivity contribution is 0.406. The molecule has 1 aromatic rings. The first-order valence-electron chi connectivity index (χ1n) is 2.68. The molecular weight excluding hydrogens is 132 g/mol. The van der Waals surface area contributed by atoms with Crippen LogP contribution in [0.1, 0.15) is 0 Å². The second-order valence-electron chi connectivity index (χ2n) is 1.98. The smallest absolute Gasteiger partial charge is 0.181 e. The summed E-state index contributed by atoms with van der Waals surface area (Å²) in [6.07, 6.45) is 0. The summed E-state index contributed by atoms with van der Waals surface area (Å²) in [5.41, 5.74) is 10.9. The Balaban J connectivity index is 3.31. The summed E-state index contributed by atoms with van der Waals surface area (Å²) in [5.74, 6) is -0.619. The second-order valence-corrected chi connectivity index (χ2v) is 1.98. The van der Waals surface area contributed by atoms with Gasteiger partial charge in [-0.25, -0.2) is 0 Å². The van der Waals surface area contributed by atoms with Crippen LogP contribution in [0.3, 0.4) is 0 Å². The molecule has 0 atom stereocenters. The normalized spacial score (nSPS) is 9.60. The highest BCUT2D eigenvalue weighted by atomic mass is 16.3. The molecule has 0 radical (unpaired) electrons. The van der Waals surface area contributed by atoms with Crippen molar-refractivity contribution in [3.8, 4) is 11.5 Å². The van der Waals surface area contributed by atoms with E-state index in [1.54, 1.807) is 0 Å². The van der Waals surface area contributed by atoms with Gasteiger partial charge in [-0.3, -0.25) is 0 Å². The molecular formula is C6H8N2O2. The molecule has 0 spiro atoms. The third kappa shape index (κ3) is 0.907. The lowest BCUT2D eigenvalue weighted by Gasteiger charge is -2.01. The molecule has 6 N–H and O–H groups in total. The maximum atomic E-state index is 8.90. The summed E-state index contributed by atoms with van der Waals surface area (Å²) < 4.78 is 0. The van der Waals surface area contributed by atoms with Crippen LogP contribution in [0.15, 0.2) is 12.1 Å². The fourth-order valence-electron chi connectivity index (χ4n) is 0.664. The van der Waals surface area contributed by atoms with Crippen molar-refractivity contribution in [1.29, 1.82) is 0 Å². The van der Waals surface area contributed by atoms with Gasteiger partial charge in [0.2, 0.25) is 0 Å². The number of nitrogens with two attached hydrogens (primary N) is 2. The van der Waals surface area contributed by atoms with Gasteiger partial charge in [0.15, 0.2) is 11.5 Å². The van der Waals surface area contributed by atoms with Gasteiger partial charge >= 0.3 is 0 Å². The second kappa shape index (κ2) is 1.98. The van der Waals surface area contributed by atoms with Crippen LogP contribution in [0.25, 0.3) is 0 Å². The van der Waals surface area contributed by atoms with E-state index >= 15 is 0 Å². The number of benzene rings is 1. The zero-order chi connectivity index (χ0) is 7.72. The van der Waals surface area contributed by atoms with Crippen LogP contribution in [0.5, 0.6) is 11.5 Å². The molecule has 0 bridgehead atoms. The Morgan fingerprint density at radius 3 is 2.20 bits per heavy atom. The molecule has 0 unspecified atom stereocenters. The van der Waals surface area contributed by atoms with E-state index in [9.17, 15) is 0 Å². The van der Waals surface area contributed by atoms with Gasteiger partial charge < -0.3 is 21.7 Å². The minimum atomic E-state index is -0.325. The zero-order valence-electron chi connectivity index (χ0n) is 5.20. The zero-order valence-corrected chi connectivity index (χ0v) is 5.20. The Morgan fingerprint density at radius 1 is 1.10 bits per heavy atom. The molecule has 0 aromatic heterocycles. The van der Waals surface area contributed by atoms with Crippen molar-refractivity contribution in [2.45, 2.75) is 0 Å². The molecule has 1 aromatic carbocycles. The standard InChI is InChI=1S/C6H8N2O2/c7-3-1-4(8)6(10)5(9)2-3/h1-2,9-10H,7-8H2. The summed E-state index contributed by atoms with van der Waals surface area (Å²) in [6.45, 7) is 0. The molecule has 54 valence electrons. The Bertz CT molecular complexity index is 237. The molecule has 0 aliphatic heterocycles. The number of hydrogen-bond donors (Lipinski definition) is 4. The first-order valence-corrected chi connectivity index (χ1v) is 2.68. The van der Waals surface area contributed by atoms with Gasteiger partial charge in [0.1, 0.15) is 0 Å². The van der Waals surface area contributed by atoms with Gasteiger partial charge in [-0.1, -0.05) is 0 Å². The average molecular weight is 140 g/mol. The van der Waals surface area contributed by atoms with Gasteiger partial charge in [-0.2, -0.15) is 0 Å². The molecule has 0 saturated heterocycles. The molecule has 1 rings (SSSR count). The van der Waals surface area contributed by atoms with Gasteiger partial charge in [-0.05, 0) is 6.07 Å². The van der Waals surface area contributed by atoms with E-state index < -0.39 is 0 Å². The van der Waals surface area contributed by atoms with Crippen molar-refractivity contribution < 1.29 is 10.2 Å². The maximum absolute atomic E-state index is 8.90. The lowest BCUT2D eigenvalue weighted by atomic mass is 10.2. The van der Waals surface area contributed by atoms with Crippen LogP contribution in [-0.2, 0) is 0 Å². The number of phenolic OH excluding ortho intramolecular Hbond substituents is 2. The SMILES string of the molecule is Nc1cc(N)c(O)c(O)c1. The molecule has 4 heteroatoms. The molecule has 0 fully saturated rings. The fraction of sp³-hybridized carbons (Fsp3) is 0. The summed E-state index contributed by atoms with van der Waals surface area (Å²) in [4.78, 5) is 0. The molecule has 0 saturated carbocycles. The topological polar surface area (TPSA) is 92.5 Å². The monoisotopic (exact) mass is 140 g/mol. The average Bonchev–Trinajstić information content (AvgIpc) is 1.82. The van der Waals surface area contributed by atoms with E-state index in [4.69, 9.17) is 21.7 Å². The number of rotatable bonds is 0. The Labute approximate surface area is 57.7 Å². The van der Waals surface area contributed by atoms with Crippen LogP contribution >= 0.6 is 0 Å². The van der Waals surface area contributed by atoms with E-state index in [0.717, 1.165) is 0 Å². The van der Waals surface area contributed by atoms with Crippen molar-refractivity contribution in [3.63, 3.8) is 0 Å². The fourth-order valence-corrected chi connectivity index (χ4v) is 0.664. The van der Waals surface area contributed by atoms with Crippen LogP contribution in [0.2, 0.25) is 0 Å². The minimum Gasteiger partial charge on any atom is -0.504 e. The van der Waals surface area contributed by atoms with E-state index in [-0.39, 0.29) is 17.2 Å². The highest BCUT2D eigenvalue weighted by molar-refractivity contribution is 5.66.